The summed E-state index contributed by atoms with van der Waals surface area (Å²) in [7, 11) is 0. The fourth-order valence-electron chi connectivity index (χ4n) is 1.27. The Bertz CT molecular complexity index is 385. The van der Waals surface area contributed by atoms with Gasteiger partial charge in [0.2, 0.25) is 6.10 Å². The van der Waals surface area contributed by atoms with E-state index in [1.54, 1.807) is 0 Å². The summed E-state index contributed by atoms with van der Waals surface area (Å²) in [5, 5.41) is 2.10. The molecular formula is C9H9NO3S. The number of hydrogen-bond donors (Lipinski definition) is 1. The first-order valence-corrected chi connectivity index (χ1v) is 5.12. The minimum atomic E-state index is -0.743. The molecule has 0 aliphatic carbocycles. The quantitative estimate of drug-likeness (QED) is 0.808. The molecule has 1 N–H and O–H groups in total. The van der Waals surface area contributed by atoms with Gasteiger partial charge in [-0.25, -0.2) is 4.79 Å². The summed E-state index contributed by atoms with van der Waals surface area (Å²) >= 11 is 1.50. The van der Waals surface area contributed by atoms with Gasteiger partial charge in [0.05, 0.1) is 4.88 Å². The molecule has 0 aromatic carbocycles. The van der Waals surface area contributed by atoms with Gasteiger partial charge in [-0.3, -0.25) is 10.1 Å². The third-order valence-electron chi connectivity index (χ3n) is 1.98. The average Bonchev–Trinajstić information content (AvgIpc) is 2.71. The molecule has 2 rings (SSSR count). The lowest BCUT2D eigenvalue weighted by molar-refractivity contribution is -0.123. The molecule has 5 heteroatoms. The van der Waals surface area contributed by atoms with Gasteiger partial charge in [-0.15, -0.1) is 11.3 Å². The predicted molar refractivity (Wildman–Crippen MR) is 51.1 cm³/mol. The molecular weight excluding hydrogens is 202 g/mol. The van der Waals surface area contributed by atoms with Gasteiger partial charge >= 0.3 is 6.09 Å². The lowest BCUT2D eigenvalue weighted by Crippen LogP contribution is -2.20. The molecule has 1 unspecified atom stereocenters. The molecule has 0 saturated carbocycles. The molecule has 2 heterocycles. The van der Waals surface area contributed by atoms with E-state index in [4.69, 9.17) is 4.74 Å². The smallest absolute Gasteiger partial charge is 0.415 e. The second-order valence-corrected chi connectivity index (χ2v) is 4.13. The van der Waals surface area contributed by atoms with Crippen LogP contribution in [0.25, 0.3) is 0 Å². The number of amides is 2. The van der Waals surface area contributed by atoms with Crippen molar-refractivity contribution in [2.45, 2.75) is 19.4 Å². The number of imide groups is 1. The van der Waals surface area contributed by atoms with Crippen molar-refractivity contribution in [1.82, 2.24) is 5.32 Å². The minimum absolute atomic E-state index is 0.375. The zero-order valence-electron chi connectivity index (χ0n) is 7.57. The highest BCUT2D eigenvalue weighted by molar-refractivity contribution is 7.12. The van der Waals surface area contributed by atoms with E-state index in [9.17, 15) is 9.59 Å². The van der Waals surface area contributed by atoms with Crippen molar-refractivity contribution in [2.75, 3.05) is 0 Å². The Morgan fingerprint density at radius 2 is 2.29 bits per heavy atom. The summed E-state index contributed by atoms with van der Waals surface area (Å²) in [4.78, 5) is 24.0. The third kappa shape index (κ3) is 1.50. The molecule has 1 aromatic heterocycles. The summed E-state index contributed by atoms with van der Waals surface area (Å²) in [5.41, 5.74) is 0. The number of thiophene rings is 1. The van der Waals surface area contributed by atoms with E-state index in [2.05, 4.69) is 5.32 Å². The SMILES string of the molecule is CCc1ccc(C2OC(=O)NC2=O)s1. The van der Waals surface area contributed by atoms with Gasteiger partial charge in [-0.2, -0.15) is 0 Å². The molecule has 0 spiro atoms. The highest BCUT2D eigenvalue weighted by Gasteiger charge is 2.34. The van der Waals surface area contributed by atoms with Crippen LogP contribution in [0.5, 0.6) is 0 Å². The van der Waals surface area contributed by atoms with E-state index in [1.807, 2.05) is 19.1 Å². The number of carbonyl (C=O) groups is 2. The van der Waals surface area contributed by atoms with Gasteiger partial charge in [0, 0.05) is 4.88 Å². The van der Waals surface area contributed by atoms with Crippen LogP contribution in [0.4, 0.5) is 4.79 Å². The van der Waals surface area contributed by atoms with Crippen molar-refractivity contribution < 1.29 is 14.3 Å². The van der Waals surface area contributed by atoms with Crippen LogP contribution >= 0.6 is 11.3 Å². The fourth-order valence-corrected chi connectivity index (χ4v) is 2.25. The number of rotatable bonds is 2. The summed E-state index contributed by atoms with van der Waals surface area (Å²) in [5.74, 6) is -0.375. The number of ether oxygens (including phenoxy) is 1. The van der Waals surface area contributed by atoms with E-state index in [0.29, 0.717) is 0 Å². The molecule has 1 aliphatic rings. The molecule has 0 bridgehead atoms. The zero-order chi connectivity index (χ0) is 10.1. The van der Waals surface area contributed by atoms with Crippen molar-refractivity contribution in [3.63, 3.8) is 0 Å². The van der Waals surface area contributed by atoms with Gasteiger partial charge in [0.15, 0.2) is 0 Å². The van der Waals surface area contributed by atoms with Crippen LogP contribution in [0.2, 0.25) is 0 Å². The number of aryl methyl sites for hydroxylation is 1. The molecule has 1 fully saturated rings. The first kappa shape index (κ1) is 9.21. The topological polar surface area (TPSA) is 55.4 Å². The predicted octanol–water partition coefficient (Wildman–Crippen LogP) is 1.62. The molecule has 1 atom stereocenters. The maximum Gasteiger partial charge on any atom is 0.415 e. The number of carbonyl (C=O) groups excluding carboxylic acids is 2. The first-order valence-electron chi connectivity index (χ1n) is 4.31. The van der Waals surface area contributed by atoms with Crippen LogP contribution in [-0.2, 0) is 16.0 Å². The summed E-state index contributed by atoms with van der Waals surface area (Å²) in [6.45, 7) is 2.04. The van der Waals surface area contributed by atoms with E-state index in [0.717, 1.165) is 11.3 Å². The number of cyclic esters (lactones) is 1. The third-order valence-corrected chi connectivity index (χ3v) is 3.25. The minimum Gasteiger partial charge on any atom is -0.430 e. The van der Waals surface area contributed by atoms with Crippen molar-refractivity contribution in [1.29, 1.82) is 0 Å². The van der Waals surface area contributed by atoms with Crippen LogP contribution in [0.3, 0.4) is 0 Å². The molecule has 14 heavy (non-hydrogen) atoms. The molecule has 74 valence electrons. The highest BCUT2D eigenvalue weighted by atomic mass is 32.1. The largest absolute Gasteiger partial charge is 0.430 e. The second kappa shape index (κ2) is 3.42. The Morgan fingerprint density at radius 3 is 2.79 bits per heavy atom. The molecule has 4 nitrogen and oxygen atoms in total. The Balaban J connectivity index is 2.22. The van der Waals surface area contributed by atoms with E-state index in [1.165, 1.54) is 16.2 Å². The lowest BCUT2D eigenvalue weighted by atomic mass is 10.3. The molecule has 0 radical (unpaired) electrons. The molecule has 1 saturated heterocycles. The maximum absolute atomic E-state index is 11.2. The summed E-state index contributed by atoms with van der Waals surface area (Å²) in [6, 6.07) is 3.77. The van der Waals surface area contributed by atoms with Crippen molar-refractivity contribution in [3.05, 3.63) is 21.9 Å². The van der Waals surface area contributed by atoms with Crippen molar-refractivity contribution in [2.24, 2.45) is 0 Å². The first-order chi connectivity index (χ1) is 6.70. The molecule has 1 aromatic rings. The Labute approximate surface area is 84.9 Å². The van der Waals surface area contributed by atoms with Gasteiger partial charge in [0.25, 0.3) is 5.91 Å². The van der Waals surface area contributed by atoms with Crippen LogP contribution < -0.4 is 5.32 Å². The number of alkyl carbamates (subject to hydrolysis) is 1. The van der Waals surface area contributed by atoms with Crippen LogP contribution in [0, 0.1) is 0 Å². The Morgan fingerprint density at radius 1 is 1.50 bits per heavy atom. The Kier molecular flexibility index (Phi) is 2.25. The normalized spacial score (nSPS) is 20.8. The van der Waals surface area contributed by atoms with Gasteiger partial charge in [0.1, 0.15) is 0 Å². The van der Waals surface area contributed by atoms with Crippen molar-refractivity contribution >= 4 is 23.3 Å². The molecule has 2 amide bonds. The van der Waals surface area contributed by atoms with Gasteiger partial charge in [-0.05, 0) is 18.6 Å². The summed E-state index contributed by atoms with van der Waals surface area (Å²) < 4.78 is 4.83. The Hall–Kier alpha value is -1.36. The van der Waals surface area contributed by atoms with Crippen molar-refractivity contribution in [3.8, 4) is 0 Å². The standard InChI is InChI=1S/C9H9NO3S/c1-2-5-3-4-6(14-5)7-8(11)10-9(12)13-7/h3-4,7H,2H2,1H3,(H,10,11,12). The monoisotopic (exact) mass is 211 g/mol. The second-order valence-electron chi connectivity index (χ2n) is 2.93. The average molecular weight is 211 g/mol. The summed E-state index contributed by atoms with van der Waals surface area (Å²) in [6.07, 6.45) is -0.480. The number of hydrogen-bond acceptors (Lipinski definition) is 4. The van der Waals surface area contributed by atoms with E-state index < -0.39 is 12.2 Å². The highest BCUT2D eigenvalue weighted by Crippen LogP contribution is 2.28. The maximum atomic E-state index is 11.2. The van der Waals surface area contributed by atoms with Gasteiger partial charge < -0.3 is 4.74 Å². The lowest BCUT2D eigenvalue weighted by Gasteiger charge is -2.01. The van der Waals surface area contributed by atoms with Crippen LogP contribution in [0.1, 0.15) is 22.8 Å². The fraction of sp³-hybridized carbons (Fsp3) is 0.333. The molecule has 1 aliphatic heterocycles. The van der Waals surface area contributed by atoms with Gasteiger partial charge in [-0.1, -0.05) is 6.92 Å². The zero-order valence-corrected chi connectivity index (χ0v) is 8.39. The van der Waals surface area contributed by atoms with E-state index in [-0.39, 0.29) is 5.91 Å². The number of nitrogens with one attached hydrogen (secondary N) is 1. The van der Waals surface area contributed by atoms with Crippen LogP contribution in [-0.4, -0.2) is 12.0 Å². The van der Waals surface area contributed by atoms with E-state index >= 15 is 0 Å². The van der Waals surface area contributed by atoms with Crippen LogP contribution in [0.15, 0.2) is 12.1 Å².